The molecule has 0 saturated carbocycles. The summed E-state index contributed by atoms with van der Waals surface area (Å²) in [4.78, 5) is 11.2. The maximum absolute atomic E-state index is 11.2. The third kappa shape index (κ3) is 3.09. The van der Waals surface area contributed by atoms with E-state index in [4.69, 9.17) is 9.84 Å². The lowest BCUT2D eigenvalue weighted by molar-refractivity contribution is 0.0692. The number of benzene rings is 2. The number of ether oxygens (including phenoxy) is 1. The second kappa shape index (κ2) is 6.10. The van der Waals surface area contributed by atoms with Crippen LogP contribution < -0.4 is 4.74 Å². The second-order valence-electron chi connectivity index (χ2n) is 4.37. The van der Waals surface area contributed by atoms with Crippen LogP contribution in [0.5, 0.6) is 11.5 Å². The second-order valence-corrected chi connectivity index (χ2v) is 4.37. The van der Waals surface area contributed by atoms with E-state index in [-0.39, 0.29) is 11.3 Å². The molecule has 0 aliphatic rings. The van der Waals surface area contributed by atoms with Crippen LogP contribution >= 0.6 is 0 Å². The van der Waals surface area contributed by atoms with Crippen molar-refractivity contribution in [3.63, 3.8) is 0 Å². The van der Waals surface area contributed by atoms with Crippen LogP contribution in [-0.2, 0) is 6.42 Å². The largest absolute Gasteiger partial charge is 0.507 e. The Hall–Kier alpha value is -2.49. The fourth-order valence-corrected chi connectivity index (χ4v) is 2.07. The van der Waals surface area contributed by atoms with Gasteiger partial charge < -0.3 is 14.9 Å². The Bertz CT molecular complexity index is 602. The summed E-state index contributed by atoms with van der Waals surface area (Å²) in [5.74, 6) is -0.546. The molecule has 0 heterocycles. The minimum Gasteiger partial charge on any atom is -0.507 e. The zero-order valence-corrected chi connectivity index (χ0v) is 11.2. The molecule has 2 aromatic carbocycles. The first-order valence-corrected chi connectivity index (χ1v) is 6.37. The van der Waals surface area contributed by atoms with Gasteiger partial charge in [-0.2, -0.15) is 0 Å². The van der Waals surface area contributed by atoms with Crippen LogP contribution in [0.4, 0.5) is 0 Å². The molecule has 4 heteroatoms. The van der Waals surface area contributed by atoms with Crippen molar-refractivity contribution in [3.05, 3.63) is 59.2 Å². The van der Waals surface area contributed by atoms with E-state index in [2.05, 4.69) is 0 Å². The fraction of sp³-hybridized carbons (Fsp3) is 0.188. The van der Waals surface area contributed by atoms with E-state index in [0.717, 1.165) is 11.3 Å². The number of carboxylic acid groups (broad SMARTS) is 1. The predicted molar refractivity (Wildman–Crippen MR) is 75.5 cm³/mol. The van der Waals surface area contributed by atoms with Gasteiger partial charge >= 0.3 is 5.97 Å². The molecule has 0 aromatic heterocycles. The van der Waals surface area contributed by atoms with Crippen molar-refractivity contribution in [2.45, 2.75) is 13.3 Å². The van der Waals surface area contributed by atoms with Crippen LogP contribution in [0.3, 0.4) is 0 Å². The van der Waals surface area contributed by atoms with Gasteiger partial charge in [0.1, 0.15) is 17.1 Å². The summed E-state index contributed by atoms with van der Waals surface area (Å²) in [5.41, 5.74) is 1.50. The summed E-state index contributed by atoms with van der Waals surface area (Å²) in [5, 5.41) is 18.8. The molecule has 0 bridgehead atoms. The highest BCUT2D eigenvalue weighted by atomic mass is 16.5. The summed E-state index contributed by atoms with van der Waals surface area (Å²) in [6.07, 6.45) is 0.447. The van der Waals surface area contributed by atoms with Gasteiger partial charge in [-0.15, -0.1) is 0 Å². The summed E-state index contributed by atoms with van der Waals surface area (Å²) >= 11 is 0. The van der Waals surface area contributed by atoms with Crippen molar-refractivity contribution < 1.29 is 19.7 Å². The Labute approximate surface area is 117 Å². The molecule has 0 spiro atoms. The molecule has 0 aliphatic carbocycles. The van der Waals surface area contributed by atoms with Crippen molar-refractivity contribution in [2.75, 3.05) is 6.61 Å². The molecular formula is C16H16O4. The molecule has 0 atom stereocenters. The van der Waals surface area contributed by atoms with Gasteiger partial charge in [-0.25, -0.2) is 4.79 Å². The average molecular weight is 272 g/mol. The number of hydrogen-bond acceptors (Lipinski definition) is 3. The zero-order valence-electron chi connectivity index (χ0n) is 11.2. The lowest BCUT2D eigenvalue weighted by Crippen LogP contribution is -2.03. The molecule has 0 radical (unpaired) electrons. The molecule has 0 amide bonds. The molecule has 2 aromatic rings. The summed E-state index contributed by atoms with van der Waals surface area (Å²) in [6, 6.07) is 12.2. The van der Waals surface area contributed by atoms with Crippen LogP contribution in [0.2, 0.25) is 0 Å². The predicted octanol–water partition coefficient (Wildman–Crippen LogP) is 3.08. The molecule has 104 valence electrons. The molecule has 0 fully saturated rings. The molecule has 2 N–H and O–H groups in total. The molecule has 20 heavy (non-hydrogen) atoms. The Morgan fingerprint density at radius 2 is 1.85 bits per heavy atom. The van der Waals surface area contributed by atoms with Crippen molar-refractivity contribution in [2.24, 2.45) is 0 Å². The molecule has 0 unspecified atom stereocenters. The Morgan fingerprint density at radius 1 is 1.15 bits per heavy atom. The SMILES string of the molecule is CCOc1ccc(Cc2cccc(O)c2C(=O)O)cc1. The number of aromatic hydroxyl groups is 1. The van der Waals surface area contributed by atoms with Crippen molar-refractivity contribution in [1.29, 1.82) is 0 Å². The minimum absolute atomic E-state index is 0.0404. The van der Waals surface area contributed by atoms with Crippen molar-refractivity contribution >= 4 is 5.97 Å². The summed E-state index contributed by atoms with van der Waals surface area (Å²) in [6.45, 7) is 2.52. The third-order valence-corrected chi connectivity index (χ3v) is 2.97. The fourth-order valence-electron chi connectivity index (χ4n) is 2.07. The zero-order chi connectivity index (χ0) is 14.5. The quantitative estimate of drug-likeness (QED) is 0.877. The molecule has 4 nitrogen and oxygen atoms in total. The Morgan fingerprint density at radius 3 is 2.45 bits per heavy atom. The highest BCUT2D eigenvalue weighted by Crippen LogP contribution is 2.24. The van der Waals surface area contributed by atoms with Gasteiger partial charge in [-0.1, -0.05) is 24.3 Å². The van der Waals surface area contributed by atoms with Gasteiger partial charge in [0, 0.05) is 0 Å². The van der Waals surface area contributed by atoms with E-state index in [1.807, 2.05) is 31.2 Å². The number of hydrogen-bond donors (Lipinski definition) is 2. The van der Waals surface area contributed by atoms with Crippen molar-refractivity contribution in [1.82, 2.24) is 0 Å². The highest BCUT2D eigenvalue weighted by molar-refractivity contribution is 5.92. The maximum Gasteiger partial charge on any atom is 0.339 e. The summed E-state index contributed by atoms with van der Waals surface area (Å²) in [7, 11) is 0. The smallest absolute Gasteiger partial charge is 0.339 e. The van der Waals surface area contributed by atoms with E-state index < -0.39 is 5.97 Å². The highest BCUT2D eigenvalue weighted by Gasteiger charge is 2.15. The number of aromatic carboxylic acids is 1. The van der Waals surface area contributed by atoms with Gasteiger partial charge in [0.25, 0.3) is 0 Å². The first-order valence-electron chi connectivity index (χ1n) is 6.37. The van der Waals surface area contributed by atoms with Gasteiger partial charge in [-0.05, 0) is 42.7 Å². The molecular weight excluding hydrogens is 256 g/mol. The number of phenols is 1. The number of carbonyl (C=O) groups is 1. The molecule has 0 aliphatic heterocycles. The van der Waals surface area contributed by atoms with Crippen LogP contribution in [0.1, 0.15) is 28.4 Å². The summed E-state index contributed by atoms with van der Waals surface area (Å²) < 4.78 is 5.36. The van der Waals surface area contributed by atoms with Crippen LogP contribution in [0.25, 0.3) is 0 Å². The van der Waals surface area contributed by atoms with Crippen LogP contribution in [-0.4, -0.2) is 22.8 Å². The topological polar surface area (TPSA) is 66.8 Å². The minimum atomic E-state index is -1.12. The van der Waals surface area contributed by atoms with Crippen LogP contribution in [0, 0.1) is 0 Å². The average Bonchev–Trinajstić information content (AvgIpc) is 2.41. The Kier molecular flexibility index (Phi) is 4.25. The third-order valence-electron chi connectivity index (χ3n) is 2.97. The molecule has 2 rings (SSSR count). The number of carboxylic acids is 1. The Balaban J connectivity index is 2.26. The van der Waals surface area contributed by atoms with Crippen molar-refractivity contribution in [3.8, 4) is 11.5 Å². The standard InChI is InChI=1S/C16H16O4/c1-2-20-13-8-6-11(7-9-13)10-12-4-3-5-14(17)15(12)16(18)19/h3-9,17H,2,10H2,1H3,(H,18,19). The molecule has 0 saturated heterocycles. The van der Waals surface area contributed by atoms with Gasteiger partial charge in [-0.3, -0.25) is 0 Å². The van der Waals surface area contributed by atoms with Crippen LogP contribution in [0.15, 0.2) is 42.5 Å². The monoisotopic (exact) mass is 272 g/mol. The maximum atomic E-state index is 11.2. The number of rotatable bonds is 5. The first-order chi connectivity index (χ1) is 9.61. The lowest BCUT2D eigenvalue weighted by atomic mass is 9.99. The van der Waals surface area contributed by atoms with E-state index in [1.165, 1.54) is 6.07 Å². The van der Waals surface area contributed by atoms with E-state index in [0.29, 0.717) is 18.6 Å². The van der Waals surface area contributed by atoms with Gasteiger partial charge in [0.15, 0.2) is 0 Å². The van der Waals surface area contributed by atoms with E-state index in [1.54, 1.807) is 12.1 Å². The van der Waals surface area contributed by atoms with Gasteiger partial charge in [0.05, 0.1) is 6.61 Å². The van der Waals surface area contributed by atoms with E-state index >= 15 is 0 Å². The van der Waals surface area contributed by atoms with E-state index in [9.17, 15) is 9.90 Å². The normalized spacial score (nSPS) is 10.2. The first kappa shape index (κ1) is 13.9. The lowest BCUT2D eigenvalue weighted by Gasteiger charge is -2.09. The van der Waals surface area contributed by atoms with Gasteiger partial charge in [0.2, 0.25) is 0 Å².